The second-order valence-electron chi connectivity index (χ2n) is 15.3. The van der Waals surface area contributed by atoms with E-state index in [4.69, 9.17) is 0 Å². The maximum atomic E-state index is 14.1. The molecule has 4 aromatic rings. The number of likely N-dealkylation sites (tertiary alicyclic amines) is 1. The van der Waals surface area contributed by atoms with Crippen molar-refractivity contribution in [3.8, 4) is 10.4 Å². The minimum atomic E-state index is -1.02. The van der Waals surface area contributed by atoms with Crippen LogP contribution in [-0.2, 0) is 25.7 Å². The number of nitrogens with zero attached hydrogens (tertiary/aromatic N) is 4. The first-order valence-electron chi connectivity index (χ1n) is 18.6. The predicted molar refractivity (Wildman–Crippen MR) is 209 cm³/mol. The van der Waals surface area contributed by atoms with Crippen molar-refractivity contribution in [2.75, 3.05) is 32.7 Å². The number of carbonyl (C=O) groups is 4. The largest absolute Gasteiger partial charge is 0.391 e. The second-order valence-corrected chi connectivity index (χ2v) is 16.1. The maximum Gasteiger partial charge on any atom is 0.246 e. The van der Waals surface area contributed by atoms with E-state index < -0.39 is 41.8 Å². The highest BCUT2D eigenvalue weighted by Crippen LogP contribution is 2.31. The van der Waals surface area contributed by atoms with Crippen LogP contribution in [0.15, 0.2) is 90.4 Å². The predicted octanol–water partition coefficient (Wildman–Crippen LogP) is 4.55. The number of hydrogen-bond donors (Lipinski definition) is 3. The van der Waals surface area contributed by atoms with Crippen molar-refractivity contribution in [2.45, 2.75) is 71.3 Å². The summed E-state index contributed by atoms with van der Waals surface area (Å²) in [4.78, 5) is 65.2. The molecule has 0 aliphatic carbocycles. The summed E-state index contributed by atoms with van der Waals surface area (Å²) in [6.45, 7) is 9.90. The second kappa shape index (κ2) is 17.0. The van der Waals surface area contributed by atoms with E-state index in [-0.39, 0.29) is 37.4 Å². The number of piperazine rings is 1. The molecule has 0 radical (unpaired) electrons. The minimum absolute atomic E-state index is 0.0293. The molecule has 6 rings (SSSR count). The smallest absolute Gasteiger partial charge is 0.246 e. The third-order valence-electron chi connectivity index (χ3n) is 10.3. The summed E-state index contributed by atoms with van der Waals surface area (Å²) in [5.74, 6) is -1.70. The van der Waals surface area contributed by atoms with Gasteiger partial charge >= 0.3 is 0 Å². The summed E-state index contributed by atoms with van der Waals surface area (Å²) in [6.07, 6.45) is -1.19. The molecule has 0 unspecified atom stereocenters. The molecule has 1 aromatic heterocycles. The van der Waals surface area contributed by atoms with Gasteiger partial charge < -0.3 is 25.5 Å². The Balaban J connectivity index is 1.04. The van der Waals surface area contributed by atoms with Gasteiger partial charge in [0.25, 0.3) is 0 Å². The zero-order chi connectivity index (χ0) is 38.4. The number of β-amino-alcohol motifs (C(OH)–C–C–N with tert-alkyl or cyclic N) is 1. The molecule has 3 atom stereocenters. The number of aromatic nitrogens is 1. The SMILES string of the molecule is Cc1ncsc1-c1ccc(CNC(=O)[C@@H]2C[C@@H](O)CN2C(=O)[C@@H](NC(=O)CC(=O)N2CCN(C(c3ccccc3)c3ccccc3)CC2)C(C)(C)C)cc1. The van der Waals surface area contributed by atoms with E-state index in [9.17, 15) is 24.3 Å². The molecule has 0 saturated carbocycles. The van der Waals surface area contributed by atoms with Crippen molar-refractivity contribution in [3.05, 3.63) is 113 Å². The van der Waals surface area contributed by atoms with Crippen molar-refractivity contribution in [2.24, 2.45) is 5.41 Å². The van der Waals surface area contributed by atoms with Crippen molar-refractivity contribution in [1.29, 1.82) is 0 Å². The van der Waals surface area contributed by atoms with Crippen LogP contribution in [0.3, 0.4) is 0 Å². The number of carbonyl (C=O) groups excluding carboxylic acids is 4. The van der Waals surface area contributed by atoms with E-state index in [1.165, 1.54) is 16.0 Å². The van der Waals surface area contributed by atoms with E-state index in [0.717, 1.165) is 21.7 Å². The van der Waals surface area contributed by atoms with Gasteiger partial charge in [0.05, 0.1) is 28.2 Å². The Hall–Kier alpha value is -4.91. The Morgan fingerprint density at radius 3 is 2.06 bits per heavy atom. The van der Waals surface area contributed by atoms with E-state index in [1.54, 1.807) is 16.2 Å². The highest BCUT2D eigenvalue weighted by Gasteiger charge is 2.44. The van der Waals surface area contributed by atoms with Crippen LogP contribution in [0.4, 0.5) is 0 Å². The molecular formula is C42H50N6O5S. The molecule has 0 spiro atoms. The van der Waals surface area contributed by atoms with Crippen molar-refractivity contribution in [3.63, 3.8) is 0 Å². The lowest BCUT2D eigenvalue weighted by molar-refractivity contribution is -0.145. The van der Waals surface area contributed by atoms with Gasteiger partial charge in [-0.1, -0.05) is 106 Å². The summed E-state index contributed by atoms with van der Waals surface area (Å²) in [7, 11) is 0. The van der Waals surface area contributed by atoms with Gasteiger partial charge in [-0.25, -0.2) is 4.98 Å². The molecule has 2 aliphatic rings. The summed E-state index contributed by atoms with van der Waals surface area (Å²) < 4.78 is 0. The van der Waals surface area contributed by atoms with Crippen LogP contribution in [0.2, 0.25) is 0 Å². The quantitative estimate of drug-likeness (QED) is 0.192. The van der Waals surface area contributed by atoms with Crippen LogP contribution in [-0.4, -0.2) is 99.3 Å². The number of amides is 4. The van der Waals surface area contributed by atoms with Crippen LogP contribution in [0.25, 0.3) is 10.4 Å². The fourth-order valence-corrected chi connectivity index (χ4v) is 8.17. The Kier molecular flexibility index (Phi) is 12.3. The van der Waals surface area contributed by atoms with Crippen molar-refractivity contribution < 1.29 is 24.3 Å². The van der Waals surface area contributed by atoms with Gasteiger partial charge in [0.15, 0.2) is 0 Å². The van der Waals surface area contributed by atoms with E-state index >= 15 is 0 Å². The average Bonchev–Trinajstić information content (AvgIpc) is 3.78. The first-order chi connectivity index (χ1) is 25.9. The Morgan fingerprint density at radius 1 is 0.889 bits per heavy atom. The van der Waals surface area contributed by atoms with Crippen molar-refractivity contribution in [1.82, 2.24) is 30.3 Å². The molecule has 2 saturated heterocycles. The van der Waals surface area contributed by atoms with Gasteiger partial charge in [0.2, 0.25) is 23.6 Å². The maximum absolute atomic E-state index is 14.1. The minimum Gasteiger partial charge on any atom is -0.391 e. The Bertz CT molecular complexity index is 1870. The van der Waals surface area contributed by atoms with Crippen LogP contribution in [0.1, 0.15) is 62.0 Å². The molecule has 3 N–H and O–H groups in total. The molecule has 11 nitrogen and oxygen atoms in total. The van der Waals surface area contributed by atoms with Crippen LogP contribution in [0, 0.1) is 12.3 Å². The summed E-state index contributed by atoms with van der Waals surface area (Å²) >= 11 is 1.57. The van der Waals surface area contributed by atoms with Gasteiger partial charge in [0.1, 0.15) is 18.5 Å². The number of aliphatic hydroxyl groups is 1. The highest BCUT2D eigenvalue weighted by atomic mass is 32.1. The molecule has 12 heteroatoms. The molecule has 54 heavy (non-hydrogen) atoms. The average molecular weight is 751 g/mol. The van der Waals surface area contributed by atoms with Gasteiger partial charge in [0, 0.05) is 45.7 Å². The number of aliphatic hydroxyl groups excluding tert-OH is 1. The standard InChI is InChI=1S/C42H50N6O5S/c1-28-38(54-27-44-28)32-17-15-29(16-18-32)25-43-40(52)34-23-33(49)26-48(34)41(53)39(42(2,3)4)45-35(50)24-36(51)46-19-21-47(22-20-46)37(30-11-7-5-8-12-30)31-13-9-6-10-14-31/h5-18,27,33-34,37,39,49H,19-26H2,1-4H3,(H,43,52)(H,45,50)/t33-,34+,39-/m1/s1. The Morgan fingerprint density at radius 2 is 1.50 bits per heavy atom. The lowest BCUT2D eigenvalue weighted by Crippen LogP contribution is -2.58. The third kappa shape index (κ3) is 9.23. The normalized spacial score (nSPS) is 18.4. The van der Waals surface area contributed by atoms with E-state index in [1.807, 2.05) is 93.9 Å². The number of benzene rings is 3. The van der Waals surface area contributed by atoms with Crippen LogP contribution >= 0.6 is 11.3 Å². The molecule has 3 aromatic carbocycles. The van der Waals surface area contributed by atoms with Gasteiger partial charge in [-0.2, -0.15) is 0 Å². The fourth-order valence-electron chi connectivity index (χ4n) is 7.36. The van der Waals surface area contributed by atoms with Gasteiger partial charge in [-0.05, 0) is 34.6 Å². The molecule has 0 bridgehead atoms. The first-order valence-corrected chi connectivity index (χ1v) is 19.4. The third-order valence-corrected chi connectivity index (χ3v) is 11.3. The summed E-state index contributed by atoms with van der Waals surface area (Å²) in [6, 6.07) is 26.6. The summed E-state index contributed by atoms with van der Waals surface area (Å²) in [5, 5.41) is 16.3. The zero-order valence-corrected chi connectivity index (χ0v) is 32.2. The van der Waals surface area contributed by atoms with E-state index in [0.29, 0.717) is 26.2 Å². The summed E-state index contributed by atoms with van der Waals surface area (Å²) in [5.41, 5.74) is 6.34. The lowest BCUT2D eigenvalue weighted by Gasteiger charge is -2.40. The molecule has 2 fully saturated rings. The van der Waals surface area contributed by atoms with Gasteiger partial charge in [-0.15, -0.1) is 11.3 Å². The molecule has 284 valence electrons. The van der Waals surface area contributed by atoms with Crippen LogP contribution in [0.5, 0.6) is 0 Å². The molecular weight excluding hydrogens is 701 g/mol. The first kappa shape index (κ1) is 38.8. The topological polar surface area (TPSA) is 135 Å². The fraction of sp³-hybridized carbons (Fsp3) is 0.405. The van der Waals surface area contributed by atoms with Gasteiger partial charge in [-0.3, -0.25) is 24.1 Å². The number of nitrogens with one attached hydrogen (secondary N) is 2. The number of thiazole rings is 1. The monoisotopic (exact) mass is 750 g/mol. The Labute approximate surface area is 321 Å². The molecule has 2 aliphatic heterocycles. The molecule has 3 heterocycles. The molecule has 4 amide bonds. The number of aryl methyl sites for hydroxylation is 1. The zero-order valence-electron chi connectivity index (χ0n) is 31.4. The van der Waals surface area contributed by atoms with E-state index in [2.05, 4.69) is 44.8 Å². The van der Waals surface area contributed by atoms with Crippen LogP contribution < -0.4 is 10.6 Å². The van der Waals surface area contributed by atoms with Crippen molar-refractivity contribution >= 4 is 35.0 Å². The number of hydrogen-bond acceptors (Lipinski definition) is 8. The highest BCUT2D eigenvalue weighted by molar-refractivity contribution is 7.13. The number of rotatable bonds is 11. The lowest BCUT2D eigenvalue weighted by atomic mass is 9.85.